The molecule has 0 fully saturated rings. The third kappa shape index (κ3) is 8.38. The molecule has 11 heteroatoms. The van der Waals surface area contributed by atoms with E-state index in [9.17, 15) is 18.0 Å². The lowest BCUT2D eigenvalue weighted by molar-refractivity contribution is -0.139. The molecule has 8 nitrogen and oxygen atoms in total. The molecular weight excluding hydrogens is 585 g/mol. The van der Waals surface area contributed by atoms with Crippen molar-refractivity contribution >= 4 is 50.7 Å². The highest BCUT2D eigenvalue weighted by molar-refractivity contribution is 7.92. The van der Waals surface area contributed by atoms with Gasteiger partial charge < -0.3 is 15.0 Å². The molecule has 0 aromatic heterocycles. The summed E-state index contributed by atoms with van der Waals surface area (Å²) in [5.74, 6) is -0.135. The predicted octanol–water partition coefficient (Wildman–Crippen LogP) is 5.70. The van der Waals surface area contributed by atoms with Crippen LogP contribution in [0.2, 0.25) is 10.0 Å². The van der Waals surface area contributed by atoms with Crippen molar-refractivity contribution in [1.29, 1.82) is 0 Å². The molecule has 0 bridgehead atoms. The Morgan fingerprint density at radius 3 is 2.24 bits per heavy atom. The molecule has 3 aromatic carbocycles. The summed E-state index contributed by atoms with van der Waals surface area (Å²) >= 11 is 12.4. The summed E-state index contributed by atoms with van der Waals surface area (Å²) in [6.07, 6.45) is 0. The Morgan fingerprint density at radius 2 is 1.63 bits per heavy atom. The van der Waals surface area contributed by atoms with Crippen molar-refractivity contribution in [2.75, 3.05) is 24.5 Å². The Hall–Kier alpha value is -3.27. The predicted molar refractivity (Wildman–Crippen MR) is 163 cm³/mol. The molecule has 2 amide bonds. The highest BCUT2D eigenvalue weighted by Gasteiger charge is 2.33. The molecule has 1 N–H and O–H groups in total. The zero-order valence-electron chi connectivity index (χ0n) is 23.7. The van der Waals surface area contributed by atoms with Gasteiger partial charge in [0, 0.05) is 13.1 Å². The molecule has 0 spiro atoms. The number of aryl methyl sites for hydroxylation is 1. The van der Waals surface area contributed by atoms with Crippen molar-refractivity contribution < 1.29 is 22.7 Å². The van der Waals surface area contributed by atoms with E-state index in [-0.39, 0.29) is 39.0 Å². The fraction of sp³-hybridized carbons (Fsp3) is 0.333. The van der Waals surface area contributed by atoms with Crippen LogP contribution in [-0.2, 0) is 26.2 Å². The molecule has 3 rings (SSSR count). The summed E-state index contributed by atoms with van der Waals surface area (Å²) in [7, 11) is -2.68. The van der Waals surface area contributed by atoms with Crippen LogP contribution in [0.15, 0.2) is 71.6 Å². The van der Waals surface area contributed by atoms with E-state index in [0.717, 1.165) is 9.87 Å². The molecule has 220 valence electrons. The molecule has 0 unspecified atom stereocenters. The number of methoxy groups -OCH3 is 1. The number of nitrogens with one attached hydrogen (secondary N) is 1. The quantitative estimate of drug-likeness (QED) is 0.281. The van der Waals surface area contributed by atoms with Crippen LogP contribution in [0.3, 0.4) is 0 Å². The summed E-state index contributed by atoms with van der Waals surface area (Å²) < 4.78 is 34.1. The van der Waals surface area contributed by atoms with E-state index in [4.69, 9.17) is 27.9 Å². The summed E-state index contributed by atoms with van der Waals surface area (Å²) in [4.78, 5) is 28.5. The summed E-state index contributed by atoms with van der Waals surface area (Å²) in [5, 5.41) is 3.24. The maximum Gasteiger partial charge on any atom is 0.264 e. The van der Waals surface area contributed by atoms with E-state index < -0.39 is 28.5 Å². The zero-order chi connectivity index (χ0) is 30.3. The second-order valence-electron chi connectivity index (χ2n) is 10.1. The third-order valence-electron chi connectivity index (χ3n) is 6.42. The molecular formula is C30H35Cl2N3O5S. The largest absolute Gasteiger partial charge is 0.497 e. The van der Waals surface area contributed by atoms with Crippen LogP contribution in [0.5, 0.6) is 5.75 Å². The maximum atomic E-state index is 14.0. The van der Waals surface area contributed by atoms with E-state index >= 15 is 0 Å². The van der Waals surface area contributed by atoms with E-state index in [1.807, 2.05) is 20.8 Å². The van der Waals surface area contributed by atoms with Gasteiger partial charge in [-0.3, -0.25) is 13.9 Å². The number of carbonyl (C=O) groups excluding carboxylic acids is 2. The molecule has 0 heterocycles. The number of anilines is 1. The smallest absolute Gasteiger partial charge is 0.264 e. The standard InChI is InChI=1S/C30H35Cl2N3O5S/c1-20(2)17-33-30(37)22(4)34(18-23-7-6-8-25(15-23)40-5)29(36)19-35(24-11-14-27(31)28(32)16-24)41(38,39)26-12-9-21(3)10-13-26/h6-16,20,22H,17-19H2,1-5H3,(H,33,37)/t22-/m0/s1. The Balaban J connectivity index is 2.05. The zero-order valence-corrected chi connectivity index (χ0v) is 26.1. The van der Waals surface area contributed by atoms with Crippen LogP contribution in [0, 0.1) is 12.8 Å². The summed E-state index contributed by atoms with van der Waals surface area (Å²) in [5.41, 5.74) is 1.75. The highest BCUT2D eigenvalue weighted by Crippen LogP contribution is 2.31. The Labute approximate surface area is 252 Å². The molecule has 0 saturated carbocycles. The van der Waals surface area contributed by atoms with Crippen molar-refractivity contribution in [2.45, 2.75) is 45.2 Å². The maximum absolute atomic E-state index is 14.0. The molecule has 0 radical (unpaired) electrons. The number of halogens is 2. The molecule has 3 aromatic rings. The number of benzene rings is 3. The van der Waals surface area contributed by atoms with E-state index in [1.54, 1.807) is 43.3 Å². The van der Waals surface area contributed by atoms with Gasteiger partial charge in [-0.25, -0.2) is 8.42 Å². The lowest BCUT2D eigenvalue weighted by Crippen LogP contribution is -2.51. The first-order valence-electron chi connectivity index (χ1n) is 13.1. The first-order valence-corrected chi connectivity index (χ1v) is 15.3. The van der Waals surface area contributed by atoms with E-state index in [2.05, 4.69) is 5.32 Å². The minimum absolute atomic E-state index is 0.00374. The number of hydrogen-bond acceptors (Lipinski definition) is 5. The van der Waals surface area contributed by atoms with Crippen molar-refractivity contribution in [3.05, 3.63) is 87.9 Å². The second kappa shape index (κ2) is 14.1. The van der Waals surface area contributed by atoms with Crippen molar-refractivity contribution in [2.24, 2.45) is 5.92 Å². The van der Waals surface area contributed by atoms with Gasteiger partial charge in [-0.05, 0) is 67.8 Å². The average Bonchev–Trinajstić information content (AvgIpc) is 2.94. The Morgan fingerprint density at radius 1 is 0.951 bits per heavy atom. The van der Waals surface area contributed by atoms with Crippen LogP contribution in [0.1, 0.15) is 31.9 Å². The first kappa shape index (κ1) is 32.2. The minimum Gasteiger partial charge on any atom is -0.497 e. The minimum atomic E-state index is -4.22. The van der Waals surface area contributed by atoms with Gasteiger partial charge in [0.1, 0.15) is 18.3 Å². The lowest BCUT2D eigenvalue weighted by atomic mass is 10.1. The number of carbonyl (C=O) groups is 2. The Kier molecular flexibility index (Phi) is 11.1. The third-order valence-corrected chi connectivity index (χ3v) is 8.95. The Bertz CT molecular complexity index is 1480. The van der Waals surface area contributed by atoms with Gasteiger partial charge in [0.25, 0.3) is 10.0 Å². The van der Waals surface area contributed by atoms with Gasteiger partial charge in [0.05, 0.1) is 27.7 Å². The average molecular weight is 621 g/mol. The monoisotopic (exact) mass is 619 g/mol. The van der Waals surface area contributed by atoms with E-state index in [0.29, 0.717) is 17.9 Å². The number of rotatable bonds is 12. The summed E-state index contributed by atoms with van der Waals surface area (Å²) in [6, 6.07) is 16.9. The van der Waals surface area contributed by atoms with Crippen LogP contribution < -0.4 is 14.4 Å². The first-order chi connectivity index (χ1) is 19.3. The van der Waals surface area contributed by atoms with Crippen molar-refractivity contribution in [1.82, 2.24) is 10.2 Å². The van der Waals surface area contributed by atoms with Crippen LogP contribution in [0.4, 0.5) is 5.69 Å². The molecule has 41 heavy (non-hydrogen) atoms. The number of hydrogen-bond donors (Lipinski definition) is 1. The molecule has 0 aliphatic heterocycles. The van der Waals surface area contributed by atoms with Gasteiger partial charge in [0.2, 0.25) is 11.8 Å². The highest BCUT2D eigenvalue weighted by atomic mass is 35.5. The second-order valence-corrected chi connectivity index (χ2v) is 12.8. The van der Waals surface area contributed by atoms with Crippen molar-refractivity contribution in [3.63, 3.8) is 0 Å². The lowest BCUT2D eigenvalue weighted by Gasteiger charge is -2.32. The summed E-state index contributed by atoms with van der Waals surface area (Å²) in [6.45, 7) is 7.29. The van der Waals surface area contributed by atoms with Gasteiger partial charge >= 0.3 is 0 Å². The van der Waals surface area contributed by atoms with Gasteiger partial charge in [0.15, 0.2) is 0 Å². The van der Waals surface area contributed by atoms with Crippen LogP contribution in [-0.4, -0.2) is 51.4 Å². The fourth-order valence-electron chi connectivity index (χ4n) is 4.01. The normalized spacial score (nSPS) is 12.1. The van der Waals surface area contributed by atoms with Crippen molar-refractivity contribution in [3.8, 4) is 5.75 Å². The molecule has 0 saturated heterocycles. The van der Waals surface area contributed by atoms with Crippen LogP contribution >= 0.6 is 23.2 Å². The van der Waals surface area contributed by atoms with Gasteiger partial charge in [-0.15, -0.1) is 0 Å². The molecule has 0 aliphatic rings. The van der Waals surface area contributed by atoms with Crippen LogP contribution in [0.25, 0.3) is 0 Å². The van der Waals surface area contributed by atoms with E-state index in [1.165, 1.54) is 42.3 Å². The molecule has 1 atom stereocenters. The SMILES string of the molecule is COc1cccc(CN(C(=O)CN(c2ccc(Cl)c(Cl)c2)S(=O)(=O)c2ccc(C)cc2)[C@@H](C)C(=O)NCC(C)C)c1. The number of nitrogens with zero attached hydrogens (tertiary/aromatic N) is 2. The van der Waals surface area contributed by atoms with Gasteiger partial charge in [-0.1, -0.05) is 66.9 Å². The van der Waals surface area contributed by atoms with Gasteiger partial charge in [-0.2, -0.15) is 0 Å². The number of amides is 2. The number of ether oxygens (including phenoxy) is 1. The molecule has 0 aliphatic carbocycles. The topological polar surface area (TPSA) is 96.0 Å². The fourth-order valence-corrected chi connectivity index (χ4v) is 5.71. The number of sulfonamides is 1.